The van der Waals surface area contributed by atoms with Crippen LogP contribution >= 0.6 is 0 Å². The molecule has 0 unspecified atom stereocenters. The highest BCUT2D eigenvalue weighted by Gasteiger charge is 2.06. The highest BCUT2D eigenvalue weighted by Crippen LogP contribution is 2.01. The van der Waals surface area contributed by atoms with E-state index < -0.39 is 6.09 Å². The summed E-state index contributed by atoms with van der Waals surface area (Å²) in [5.74, 6) is 0. The lowest BCUT2D eigenvalue weighted by atomic mass is 10.2. The molecule has 2 N–H and O–H groups in total. The van der Waals surface area contributed by atoms with Gasteiger partial charge in [-0.25, -0.2) is 10.2 Å². The molecule has 5 nitrogen and oxygen atoms in total. The Morgan fingerprint density at radius 2 is 2.18 bits per heavy atom. The van der Waals surface area contributed by atoms with E-state index in [0.717, 1.165) is 18.6 Å². The number of amides is 1. The van der Waals surface area contributed by atoms with Crippen molar-refractivity contribution in [2.75, 3.05) is 13.2 Å². The maximum Gasteiger partial charge on any atom is 0.425 e. The van der Waals surface area contributed by atoms with Crippen molar-refractivity contribution in [3.05, 3.63) is 0 Å². The molecular weight excluding hydrogens is 148 g/mol. The largest absolute Gasteiger partial charge is 0.464 e. The van der Waals surface area contributed by atoms with Crippen LogP contribution in [0.1, 0.15) is 12.8 Å². The molecule has 0 aromatic rings. The summed E-state index contributed by atoms with van der Waals surface area (Å²) in [5.41, 5.74) is 2.82. The maximum atomic E-state index is 9.99. The van der Waals surface area contributed by atoms with Crippen LogP contribution in [0.4, 0.5) is 4.79 Å². The monoisotopic (exact) mass is 158 g/mol. The van der Waals surface area contributed by atoms with Crippen LogP contribution in [0.25, 0.3) is 0 Å². The van der Waals surface area contributed by atoms with E-state index in [4.69, 9.17) is 9.84 Å². The van der Waals surface area contributed by atoms with Crippen molar-refractivity contribution in [2.45, 2.75) is 12.8 Å². The molecule has 0 saturated carbocycles. The Kier molecular flexibility index (Phi) is 2.85. The molecule has 0 aromatic heterocycles. The van der Waals surface area contributed by atoms with Gasteiger partial charge >= 0.3 is 6.09 Å². The van der Waals surface area contributed by atoms with Gasteiger partial charge in [-0.3, -0.25) is 0 Å². The second kappa shape index (κ2) is 3.92. The molecule has 1 heterocycles. The molecule has 0 aromatic carbocycles. The van der Waals surface area contributed by atoms with Gasteiger partial charge in [0, 0.05) is 18.6 Å². The van der Waals surface area contributed by atoms with Gasteiger partial charge in [-0.15, -0.1) is 0 Å². The van der Waals surface area contributed by atoms with Crippen LogP contribution in [-0.2, 0) is 4.74 Å². The summed E-state index contributed by atoms with van der Waals surface area (Å²) in [6.45, 7) is 1.28. The van der Waals surface area contributed by atoms with Crippen LogP contribution in [0.3, 0.4) is 0 Å². The molecule has 1 amide bonds. The molecule has 1 fully saturated rings. The van der Waals surface area contributed by atoms with Crippen molar-refractivity contribution in [3.8, 4) is 0 Å². The Bertz CT molecular complexity index is 171. The van der Waals surface area contributed by atoms with E-state index in [2.05, 4.69) is 5.10 Å². The van der Waals surface area contributed by atoms with Gasteiger partial charge in [0.25, 0.3) is 0 Å². The summed E-state index contributed by atoms with van der Waals surface area (Å²) in [6, 6.07) is 0. The highest BCUT2D eigenvalue weighted by molar-refractivity contribution is 5.85. The van der Waals surface area contributed by atoms with Gasteiger partial charge in [-0.2, -0.15) is 5.10 Å². The van der Waals surface area contributed by atoms with Crippen LogP contribution in [0.2, 0.25) is 0 Å². The van der Waals surface area contributed by atoms with Crippen molar-refractivity contribution in [3.63, 3.8) is 0 Å². The number of carboxylic acid groups (broad SMARTS) is 1. The predicted octanol–water partition coefficient (Wildman–Crippen LogP) is 0.420. The summed E-state index contributed by atoms with van der Waals surface area (Å²) in [7, 11) is 0. The predicted molar refractivity (Wildman–Crippen MR) is 38.6 cm³/mol. The first-order chi connectivity index (χ1) is 5.29. The Morgan fingerprint density at radius 1 is 1.55 bits per heavy atom. The lowest BCUT2D eigenvalue weighted by molar-refractivity contribution is 0.134. The Balaban J connectivity index is 2.32. The minimum absolute atomic E-state index is 0.639. The molecule has 1 rings (SSSR count). The molecule has 0 bridgehead atoms. The average Bonchev–Trinajstić information content (AvgIpc) is 2.03. The van der Waals surface area contributed by atoms with Gasteiger partial charge in [-0.1, -0.05) is 0 Å². The van der Waals surface area contributed by atoms with Gasteiger partial charge in [0.1, 0.15) is 0 Å². The van der Waals surface area contributed by atoms with Crippen molar-refractivity contribution in [1.29, 1.82) is 0 Å². The van der Waals surface area contributed by atoms with E-state index in [1.54, 1.807) is 0 Å². The van der Waals surface area contributed by atoms with Crippen LogP contribution in [-0.4, -0.2) is 30.1 Å². The van der Waals surface area contributed by atoms with E-state index in [1.165, 1.54) is 0 Å². The molecule has 1 aliphatic rings. The Labute approximate surface area is 64.0 Å². The molecule has 11 heavy (non-hydrogen) atoms. The molecule has 5 heteroatoms. The topological polar surface area (TPSA) is 70.9 Å². The third-order valence-corrected chi connectivity index (χ3v) is 1.38. The summed E-state index contributed by atoms with van der Waals surface area (Å²) in [4.78, 5) is 9.99. The second-order valence-electron chi connectivity index (χ2n) is 2.21. The molecular formula is C6H10N2O3. The van der Waals surface area contributed by atoms with Crippen molar-refractivity contribution in [1.82, 2.24) is 5.43 Å². The molecule has 62 valence electrons. The molecule has 0 atom stereocenters. The first-order valence-electron chi connectivity index (χ1n) is 3.41. The fraction of sp³-hybridized carbons (Fsp3) is 0.667. The van der Waals surface area contributed by atoms with Gasteiger partial charge in [-0.05, 0) is 0 Å². The van der Waals surface area contributed by atoms with Crippen LogP contribution in [0, 0.1) is 0 Å². The van der Waals surface area contributed by atoms with Crippen molar-refractivity contribution >= 4 is 11.8 Å². The Hall–Kier alpha value is -1.10. The molecule has 0 aliphatic carbocycles. The zero-order chi connectivity index (χ0) is 8.10. The van der Waals surface area contributed by atoms with Crippen LogP contribution < -0.4 is 5.43 Å². The Morgan fingerprint density at radius 3 is 2.73 bits per heavy atom. The molecule has 0 spiro atoms. The van der Waals surface area contributed by atoms with Crippen molar-refractivity contribution < 1.29 is 14.6 Å². The van der Waals surface area contributed by atoms with E-state index >= 15 is 0 Å². The zero-order valence-corrected chi connectivity index (χ0v) is 6.04. The SMILES string of the molecule is O=C(O)NN=C1CCOCC1. The first-order valence-corrected chi connectivity index (χ1v) is 3.41. The summed E-state index contributed by atoms with van der Waals surface area (Å²) in [6.07, 6.45) is 0.324. The minimum Gasteiger partial charge on any atom is -0.464 e. The van der Waals surface area contributed by atoms with E-state index in [-0.39, 0.29) is 0 Å². The summed E-state index contributed by atoms with van der Waals surface area (Å²) < 4.78 is 5.05. The van der Waals surface area contributed by atoms with Crippen LogP contribution in [0.15, 0.2) is 5.10 Å². The third kappa shape index (κ3) is 2.99. The molecule has 1 aliphatic heterocycles. The fourth-order valence-electron chi connectivity index (χ4n) is 0.846. The zero-order valence-electron chi connectivity index (χ0n) is 6.04. The number of ether oxygens (including phenoxy) is 1. The molecule has 1 saturated heterocycles. The lowest BCUT2D eigenvalue weighted by Gasteiger charge is -2.12. The van der Waals surface area contributed by atoms with Crippen molar-refractivity contribution in [2.24, 2.45) is 5.10 Å². The molecule has 0 radical (unpaired) electrons. The number of carbonyl (C=O) groups is 1. The lowest BCUT2D eigenvalue weighted by Crippen LogP contribution is -2.21. The maximum absolute atomic E-state index is 9.99. The number of nitrogens with zero attached hydrogens (tertiary/aromatic N) is 1. The standard InChI is InChI=1S/C6H10N2O3/c9-6(10)8-7-5-1-3-11-4-2-5/h8H,1-4H2,(H,9,10). The summed E-state index contributed by atoms with van der Waals surface area (Å²) >= 11 is 0. The van der Waals surface area contributed by atoms with Crippen LogP contribution in [0.5, 0.6) is 0 Å². The van der Waals surface area contributed by atoms with Gasteiger partial charge in [0.2, 0.25) is 0 Å². The fourth-order valence-corrected chi connectivity index (χ4v) is 0.846. The number of nitrogens with one attached hydrogen (secondary N) is 1. The first kappa shape index (κ1) is 8.00. The minimum atomic E-state index is -1.12. The second-order valence-corrected chi connectivity index (χ2v) is 2.21. The van der Waals surface area contributed by atoms with E-state index in [0.29, 0.717) is 13.2 Å². The van der Waals surface area contributed by atoms with Gasteiger partial charge in [0.05, 0.1) is 13.2 Å². The smallest absolute Gasteiger partial charge is 0.425 e. The summed E-state index contributed by atoms with van der Waals surface area (Å²) in [5, 5.41) is 11.9. The quantitative estimate of drug-likeness (QED) is 0.543. The number of hydrogen-bond acceptors (Lipinski definition) is 3. The average molecular weight is 158 g/mol. The third-order valence-electron chi connectivity index (χ3n) is 1.38. The number of hydrogen-bond donors (Lipinski definition) is 2. The number of rotatable bonds is 1. The normalized spacial score (nSPS) is 17.6. The highest BCUT2D eigenvalue weighted by atomic mass is 16.5. The van der Waals surface area contributed by atoms with E-state index in [9.17, 15) is 4.79 Å². The number of hydrazone groups is 1. The van der Waals surface area contributed by atoms with Gasteiger partial charge < -0.3 is 9.84 Å². The van der Waals surface area contributed by atoms with E-state index in [1.807, 2.05) is 5.43 Å². The van der Waals surface area contributed by atoms with Gasteiger partial charge in [0.15, 0.2) is 0 Å².